The van der Waals surface area contributed by atoms with Crippen LogP contribution < -0.4 is 11.3 Å². The summed E-state index contributed by atoms with van der Waals surface area (Å²) in [5.41, 5.74) is 6.31. The van der Waals surface area contributed by atoms with Gasteiger partial charge in [-0.3, -0.25) is 4.79 Å². The molecule has 9 heteroatoms. The molecule has 0 aliphatic rings. The highest BCUT2D eigenvalue weighted by molar-refractivity contribution is 7.98. The first-order valence-corrected chi connectivity index (χ1v) is 6.41. The van der Waals surface area contributed by atoms with Crippen LogP contribution in [0.3, 0.4) is 0 Å². The zero-order chi connectivity index (χ0) is 13.4. The number of aromatic nitrogens is 5. The van der Waals surface area contributed by atoms with E-state index in [0.717, 1.165) is 4.57 Å². The lowest BCUT2D eigenvalue weighted by atomic mass is 10.4. The lowest BCUT2D eigenvalue weighted by Gasteiger charge is -1.97. The van der Waals surface area contributed by atoms with Crippen molar-refractivity contribution in [1.82, 2.24) is 24.7 Å². The van der Waals surface area contributed by atoms with Gasteiger partial charge in [0.1, 0.15) is 5.76 Å². The number of hydrogen-bond acceptors (Lipinski definition) is 7. The lowest BCUT2D eigenvalue weighted by Crippen LogP contribution is -2.12. The molecule has 0 fully saturated rings. The number of nitrogen functional groups attached to an aromatic ring is 1. The van der Waals surface area contributed by atoms with Gasteiger partial charge in [0.15, 0.2) is 5.65 Å². The quantitative estimate of drug-likeness (QED) is 0.673. The van der Waals surface area contributed by atoms with Crippen LogP contribution in [0.2, 0.25) is 0 Å². The topological polar surface area (TPSA) is 115 Å². The first kappa shape index (κ1) is 11.8. The summed E-state index contributed by atoms with van der Waals surface area (Å²) in [6, 6.07) is 3.14. The Labute approximate surface area is 111 Å². The van der Waals surface area contributed by atoms with E-state index in [9.17, 15) is 4.79 Å². The Bertz CT molecular complexity index is 789. The minimum atomic E-state index is -0.247. The summed E-state index contributed by atoms with van der Waals surface area (Å²) in [4.78, 5) is 20.1. The Morgan fingerprint density at radius 2 is 2.32 bits per heavy atom. The van der Waals surface area contributed by atoms with Crippen molar-refractivity contribution in [1.29, 1.82) is 0 Å². The summed E-state index contributed by atoms with van der Waals surface area (Å²) in [7, 11) is 0. The molecule has 3 rings (SSSR count). The van der Waals surface area contributed by atoms with Crippen LogP contribution >= 0.6 is 11.8 Å². The van der Waals surface area contributed by atoms with Crippen molar-refractivity contribution < 1.29 is 4.52 Å². The van der Waals surface area contributed by atoms with Gasteiger partial charge in [-0.05, 0) is 6.92 Å². The van der Waals surface area contributed by atoms with E-state index in [2.05, 4.69) is 20.2 Å². The molecule has 0 atom stereocenters. The molecule has 3 aromatic heterocycles. The van der Waals surface area contributed by atoms with E-state index < -0.39 is 0 Å². The van der Waals surface area contributed by atoms with Crippen LogP contribution in [0.15, 0.2) is 26.6 Å². The molecule has 3 heterocycles. The average Bonchev–Trinajstić information content (AvgIpc) is 2.92. The normalized spacial score (nSPS) is 11.2. The molecule has 0 aliphatic heterocycles. The third-order valence-electron chi connectivity index (χ3n) is 2.36. The molecule has 98 valence electrons. The van der Waals surface area contributed by atoms with Gasteiger partial charge in [0.25, 0.3) is 5.56 Å². The smallest absolute Gasteiger partial charge is 0.287 e. The number of H-pyrrole nitrogens is 1. The molecule has 0 amide bonds. The fraction of sp³-hybridized carbons (Fsp3) is 0.200. The van der Waals surface area contributed by atoms with Gasteiger partial charge in [0, 0.05) is 17.9 Å². The average molecular weight is 278 g/mol. The molecule has 3 aromatic rings. The number of aromatic amines is 1. The Balaban J connectivity index is 1.87. The Morgan fingerprint density at radius 1 is 1.47 bits per heavy atom. The molecule has 0 aliphatic carbocycles. The molecular weight excluding hydrogens is 268 g/mol. The number of aryl methyl sites for hydroxylation is 1. The van der Waals surface area contributed by atoms with Gasteiger partial charge in [-0.15, -0.1) is 9.67 Å². The minimum Gasteiger partial charge on any atom is -0.375 e. The number of nitrogens with zero attached hydrogens (tertiary/aromatic N) is 4. The van der Waals surface area contributed by atoms with Gasteiger partial charge in [0.2, 0.25) is 11.1 Å². The lowest BCUT2D eigenvalue weighted by molar-refractivity contribution is 0.344. The summed E-state index contributed by atoms with van der Waals surface area (Å²) in [6.45, 7) is 1.76. The number of nitrogens with two attached hydrogens (primary N) is 1. The van der Waals surface area contributed by atoms with Gasteiger partial charge in [-0.25, -0.2) is 10.1 Å². The van der Waals surface area contributed by atoms with Crippen molar-refractivity contribution in [3.8, 4) is 0 Å². The number of thioether (sulfide) groups is 1. The highest BCUT2D eigenvalue weighted by Crippen LogP contribution is 2.18. The first-order valence-electron chi connectivity index (χ1n) is 5.42. The summed E-state index contributed by atoms with van der Waals surface area (Å²) in [5, 5.41) is 6.95. The van der Waals surface area contributed by atoms with Crippen LogP contribution in [-0.4, -0.2) is 24.7 Å². The SMILES string of the molecule is Cc1cc2nc(CSc3n[nH]c(N)n3)cc(=O)n2o1. The maximum atomic E-state index is 11.8. The van der Waals surface area contributed by atoms with Crippen molar-refractivity contribution in [3.63, 3.8) is 0 Å². The van der Waals surface area contributed by atoms with E-state index in [4.69, 9.17) is 10.3 Å². The first-order chi connectivity index (χ1) is 9.11. The van der Waals surface area contributed by atoms with Crippen molar-refractivity contribution in [2.45, 2.75) is 17.8 Å². The predicted octanol–water partition coefficient (Wildman–Crippen LogP) is 0.589. The van der Waals surface area contributed by atoms with E-state index >= 15 is 0 Å². The van der Waals surface area contributed by atoms with Crippen molar-refractivity contribution in [2.75, 3.05) is 5.73 Å². The number of fused-ring (bicyclic) bond motifs is 1. The number of hydrogen-bond donors (Lipinski definition) is 2. The Hall–Kier alpha value is -2.29. The second-order valence-corrected chi connectivity index (χ2v) is 4.82. The second kappa shape index (κ2) is 4.43. The van der Waals surface area contributed by atoms with Gasteiger partial charge in [-0.1, -0.05) is 11.8 Å². The van der Waals surface area contributed by atoms with E-state index in [1.807, 2.05) is 0 Å². The molecule has 0 aromatic carbocycles. The van der Waals surface area contributed by atoms with E-state index in [1.165, 1.54) is 17.8 Å². The van der Waals surface area contributed by atoms with Crippen molar-refractivity contribution in [3.05, 3.63) is 33.9 Å². The molecule has 0 bridgehead atoms. The number of rotatable bonds is 3. The molecule has 3 N–H and O–H groups in total. The molecule has 19 heavy (non-hydrogen) atoms. The summed E-state index contributed by atoms with van der Waals surface area (Å²) < 4.78 is 6.37. The minimum absolute atomic E-state index is 0.247. The molecule has 0 saturated carbocycles. The van der Waals surface area contributed by atoms with Crippen LogP contribution in [0.1, 0.15) is 11.5 Å². The fourth-order valence-electron chi connectivity index (χ4n) is 1.61. The summed E-state index contributed by atoms with van der Waals surface area (Å²) in [5.74, 6) is 1.38. The highest BCUT2D eigenvalue weighted by Gasteiger charge is 2.08. The van der Waals surface area contributed by atoms with E-state index in [0.29, 0.717) is 28.0 Å². The van der Waals surface area contributed by atoms with Crippen LogP contribution in [0.4, 0.5) is 5.95 Å². The van der Waals surface area contributed by atoms with Gasteiger partial charge >= 0.3 is 0 Å². The van der Waals surface area contributed by atoms with Crippen molar-refractivity contribution >= 4 is 23.4 Å². The molecule has 0 radical (unpaired) electrons. The van der Waals surface area contributed by atoms with Crippen LogP contribution in [0.25, 0.3) is 5.65 Å². The molecule has 0 saturated heterocycles. The highest BCUT2D eigenvalue weighted by atomic mass is 32.2. The second-order valence-electron chi connectivity index (χ2n) is 3.88. The predicted molar refractivity (Wildman–Crippen MR) is 68.8 cm³/mol. The number of anilines is 1. The largest absolute Gasteiger partial charge is 0.375 e. The molecule has 8 nitrogen and oxygen atoms in total. The molecular formula is C10H10N6O2S. The molecule has 0 unspecified atom stereocenters. The number of nitrogens with one attached hydrogen (secondary N) is 1. The third-order valence-corrected chi connectivity index (χ3v) is 3.24. The van der Waals surface area contributed by atoms with Crippen LogP contribution in [0.5, 0.6) is 0 Å². The van der Waals surface area contributed by atoms with E-state index in [1.54, 1.807) is 13.0 Å². The summed E-state index contributed by atoms with van der Waals surface area (Å²) >= 11 is 1.34. The van der Waals surface area contributed by atoms with Gasteiger partial charge in [0.05, 0.1) is 5.69 Å². The third kappa shape index (κ3) is 2.32. The maximum absolute atomic E-state index is 11.8. The zero-order valence-electron chi connectivity index (χ0n) is 9.95. The Kier molecular flexibility index (Phi) is 2.75. The van der Waals surface area contributed by atoms with Gasteiger partial charge in [-0.2, -0.15) is 4.98 Å². The fourth-order valence-corrected chi connectivity index (χ4v) is 2.31. The zero-order valence-corrected chi connectivity index (χ0v) is 10.8. The molecule has 0 spiro atoms. The maximum Gasteiger partial charge on any atom is 0.287 e. The van der Waals surface area contributed by atoms with Crippen LogP contribution in [0, 0.1) is 6.92 Å². The van der Waals surface area contributed by atoms with Crippen LogP contribution in [-0.2, 0) is 5.75 Å². The Morgan fingerprint density at radius 3 is 3.05 bits per heavy atom. The monoisotopic (exact) mass is 278 g/mol. The standard InChI is InChI=1S/C10H10N6O2S/c1-5-2-7-12-6(3-8(17)16(7)18-5)4-19-10-13-9(11)14-15-10/h2-3H,4H2,1H3,(H3,11,13,14,15). The van der Waals surface area contributed by atoms with E-state index in [-0.39, 0.29) is 11.5 Å². The summed E-state index contributed by atoms with van der Waals surface area (Å²) in [6.07, 6.45) is 0. The van der Waals surface area contributed by atoms with Crippen molar-refractivity contribution in [2.24, 2.45) is 0 Å². The van der Waals surface area contributed by atoms with Gasteiger partial charge < -0.3 is 10.3 Å².